The Bertz CT molecular complexity index is 1220. The molecule has 3 aromatic carbocycles. The monoisotopic (exact) mass is 479 g/mol. The number of carbonyl (C=O) groups is 1. The van der Waals surface area contributed by atoms with E-state index in [9.17, 15) is 13.2 Å². The van der Waals surface area contributed by atoms with Crippen molar-refractivity contribution in [3.05, 3.63) is 78.4 Å². The molecule has 0 radical (unpaired) electrons. The number of rotatable bonds is 8. The lowest BCUT2D eigenvalue weighted by molar-refractivity contribution is -0.115. The fourth-order valence-corrected chi connectivity index (χ4v) is 5.37. The Kier molecular flexibility index (Phi) is 7.37. The zero-order valence-electron chi connectivity index (χ0n) is 19.2. The van der Waals surface area contributed by atoms with E-state index in [0.29, 0.717) is 22.8 Å². The number of sulfonamides is 1. The van der Waals surface area contributed by atoms with Crippen LogP contribution in [0.15, 0.2) is 77.7 Å². The van der Waals surface area contributed by atoms with Crippen LogP contribution >= 0.6 is 0 Å². The Hall–Kier alpha value is -3.52. The lowest BCUT2D eigenvalue weighted by Gasteiger charge is -2.30. The minimum atomic E-state index is -3.91. The van der Waals surface area contributed by atoms with Gasteiger partial charge in [-0.05, 0) is 67.3 Å². The van der Waals surface area contributed by atoms with E-state index in [1.165, 1.54) is 0 Å². The summed E-state index contributed by atoms with van der Waals surface area (Å²) in [5.74, 6) is 0.434. The molecule has 1 aliphatic rings. The third-order valence-electron chi connectivity index (χ3n) is 5.78. The number of carbonyl (C=O) groups excluding carboxylic acids is 1. The smallest absolute Gasteiger partial charge is 0.264 e. The number of piperidine rings is 1. The first-order chi connectivity index (χ1) is 16.4. The van der Waals surface area contributed by atoms with Crippen molar-refractivity contribution in [3.63, 3.8) is 0 Å². The highest BCUT2D eigenvalue weighted by molar-refractivity contribution is 7.92. The number of nitrogens with zero attached hydrogens (tertiary/aromatic N) is 1. The molecule has 0 aliphatic carbocycles. The number of ether oxygens (including phenoxy) is 1. The maximum absolute atomic E-state index is 13.5. The quantitative estimate of drug-likeness (QED) is 0.490. The summed E-state index contributed by atoms with van der Waals surface area (Å²) in [5.41, 5.74) is 2.40. The Morgan fingerprint density at radius 1 is 0.912 bits per heavy atom. The summed E-state index contributed by atoms with van der Waals surface area (Å²) in [4.78, 5) is 14.8. The SMILES string of the molecule is COc1ccc(NS(=O)(=O)c2cc(NC(=O)Cc3ccccc3)ccc2N2CCCCC2)cc1. The summed E-state index contributed by atoms with van der Waals surface area (Å²) < 4.78 is 34.8. The third-order valence-corrected chi connectivity index (χ3v) is 7.19. The topological polar surface area (TPSA) is 87.7 Å². The second-order valence-electron chi connectivity index (χ2n) is 8.27. The molecule has 1 saturated heterocycles. The van der Waals surface area contributed by atoms with Crippen LogP contribution in [0.1, 0.15) is 24.8 Å². The van der Waals surface area contributed by atoms with Crippen LogP contribution in [0.3, 0.4) is 0 Å². The van der Waals surface area contributed by atoms with Gasteiger partial charge in [0, 0.05) is 24.5 Å². The Balaban J connectivity index is 1.62. The fourth-order valence-electron chi connectivity index (χ4n) is 4.06. The van der Waals surface area contributed by atoms with Crippen LogP contribution in [-0.2, 0) is 21.2 Å². The van der Waals surface area contributed by atoms with E-state index in [0.717, 1.165) is 37.9 Å². The number of anilines is 3. The fraction of sp³-hybridized carbons (Fsp3) is 0.269. The van der Waals surface area contributed by atoms with Gasteiger partial charge >= 0.3 is 0 Å². The second-order valence-corrected chi connectivity index (χ2v) is 9.93. The van der Waals surface area contributed by atoms with E-state index in [1.807, 2.05) is 30.3 Å². The minimum absolute atomic E-state index is 0.141. The zero-order chi connectivity index (χ0) is 24.0. The molecule has 0 unspecified atom stereocenters. The average Bonchev–Trinajstić information content (AvgIpc) is 2.85. The lowest BCUT2D eigenvalue weighted by atomic mass is 10.1. The van der Waals surface area contributed by atoms with Gasteiger partial charge in [-0.2, -0.15) is 0 Å². The Labute approximate surface area is 200 Å². The second kappa shape index (κ2) is 10.6. The van der Waals surface area contributed by atoms with Gasteiger partial charge in [0.15, 0.2) is 0 Å². The van der Waals surface area contributed by atoms with Gasteiger partial charge in [-0.3, -0.25) is 9.52 Å². The van der Waals surface area contributed by atoms with Gasteiger partial charge in [0.25, 0.3) is 10.0 Å². The molecule has 178 valence electrons. The van der Waals surface area contributed by atoms with Crippen LogP contribution < -0.4 is 19.7 Å². The van der Waals surface area contributed by atoms with Gasteiger partial charge in [0.05, 0.1) is 19.2 Å². The normalized spacial score (nSPS) is 13.9. The largest absolute Gasteiger partial charge is 0.497 e. The van der Waals surface area contributed by atoms with Gasteiger partial charge in [-0.25, -0.2) is 8.42 Å². The maximum Gasteiger partial charge on any atom is 0.264 e. The molecular formula is C26H29N3O4S. The van der Waals surface area contributed by atoms with Crippen molar-refractivity contribution in [1.29, 1.82) is 0 Å². The van der Waals surface area contributed by atoms with Gasteiger partial charge in [-0.15, -0.1) is 0 Å². The van der Waals surface area contributed by atoms with E-state index >= 15 is 0 Å². The molecule has 0 aromatic heterocycles. The summed E-state index contributed by atoms with van der Waals surface area (Å²) in [7, 11) is -2.36. The van der Waals surface area contributed by atoms with Crippen LogP contribution in [0.2, 0.25) is 0 Å². The summed E-state index contributed by atoms with van der Waals surface area (Å²) in [6.45, 7) is 1.59. The maximum atomic E-state index is 13.5. The number of hydrogen-bond acceptors (Lipinski definition) is 5. The number of amides is 1. The Morgan fingerprint density at radius 3 is 2.26 bits per heavy atom. The first kappa shape index (κ1) is 23.6. The van der Waals surface area contributed by atoms with Gasteiger partial charge in [-0.1, -0.05) is 30.3 Å². The van der Waals surface area contributed by atoms with Crippen LogP contribution in [-0.4, -0.2) is 34.5 Å². The predicted molar refractivity (Wildman–Crippen MR) is 135 cm³/mol. The van der Waals surface area contributed by atoms with E-state index < -0.39 is 10.0 Å². The number of benzene rings is 3. The molecule has 7 nitrogen and oxygen atoms in total. The number of nitrogens with one attached hydrogen (secondary N) is 2. The van der Waals surface area contributed by atoms with E-state index in [1.54, 1.807) is 49.6 Å². The molecule has 3 aromatic rings. The molecule has 1 heterocycles. The summed E-state index contributed by atoms with van der Waals surface area (Å²) in [6.07, 6.45) is 3.37. The van der Waals surface area contributed by atoms with Crippen LogP contribution in [0.4, 0.5) is 17.1 Å². The van der Waals surface area contributed by atoms with E-state index in [4.69, 9.17) is 4.74 Å². The molecule has 0 spiro atoms. The Morgan fingerprint density at radius 2 is 1.59 bits per heavy atom. The van der Waals surface area contributed by atoms with Crippen molar-refractivity contribution < 1.29 is 17.9 Å². The van der Waals surface area contributed by atoms with Crippen LogP contribution in [0, 0.1) is 0 Å². The summed E-state index contributed by atoms with van der Waals surface area (Å²) >= 11 is 0. The van der Waals surface area contributed by atoms with Crippen molar-refractivity contribution in [3.8, 4) is 5.75 Å². The average molecular weight is 480 g/mol. The van der Waals surface area contributed by atoms with Crippen molar-refractivity contribution in [2.45, 2.75) is 30.6 Å². The molecule has 34 heavy (non-hydrogen) atoms. The zero-order valence-corrected chi connectivity index (χ0v) is 20.0. The van der Waals surface area contributed by atoms with Crippen molar-refractivity contribution in [2.24, 2.45) is 0 Å². The van der Waals surface area contributed by atoms with Gasteiger partial charge < -0.3 is 15.0 Å². The molecule has 0 atom stereocenters. The molecule has 1 fully saturated rings. The number of methoxy groups -OCH3 is 1. The van der Waals surface area contributed by atoms with Crippen LogP contribution in [0.25, 0.3) is 0 Å². The summed E-state index contributed by atoms with van der Waals surface area (Å²) in [5, 5.41) is 2.85. The van der Waals surface area contributed by atoms with Crippen molar-refractivity contribution in [2.75, 3.05) is 35.1 Å². The highest BCUT2D eigenvalue weighted by atomic mass is 32.2. The highest BCUT2D eigenvalue weighted by Gasteiger charge is 2.24. The molecular weight excluding hydrogens is 450 g/mol. The first-order valence-electron chi connectivity index (χ1n) is 11.3. The molecule has 1 aliphatic heterocycles. The molecule has 8 heteroatoms. The van der Waals surface area contributed by atoms with Crippen molar-refractivity contribution in [1.82, 2.24) is 0 Å². The number of hydrogen-bond donors (Lipinski definition) is 2. The summed E-state index contributed by atoms with van der Waals surface area (Å²) in [6, 6.07) is 21.2. The van der Waals surface area contributed by atoms with Crippen molar-refractivity contribution >= 4 is 33.0 Å². The van der Waals surface area contributed by atoms with Gasteiger partial charge in [0.1, 0.15) is 10.6 Å². The molecule has 0 bridgehead atoms. The van der Waals surface area contributed by atoms with E-state index in [2.05, 4.69) is 14.9 Å². The minimum Gasteiger partial charge on any atom is -0.497 e. The van der Waals surface area contributed by atoms with E-state index in [-0.39, 0.29) is 17.2 Å². The first-order valence-corrected chi connectivity index (χ1v) is 12.8. The van der Waals surface area contributed by atoms with Gasteiger partial charge in [0.2, 0.25) is 5.91 Å². The lowest BCUT2D eigenvalue weighted by Crippen LogP contribution is -2.31. The molecule has 4 rings (SSSR count). The van der Waals surface area contributed by atoms with Crippen LogP contribution in [0.5, 0.6) is 5.75 Å². The highest BCUT2D eigenvalue weighted by Crippen LogP contribution is 2.32. The molecule has 0 saturated carbocycles. The molecule has 1 amide bonds. The molecule has 2 N–H and O–H groups in total. The third kappa shape index (κ3) is 5.88. The predicted octanol–water partition coefficient (Wildman–Crippen LogP) is 4.67. The standard InChI is InChI=1S/C26H29N3O4S/c1-33-23-13-10-21(11-14-23)28-34(31,32)25-19-22(12-15-24(25)29-16-6-3-7-17-29)27-26(30)18-20-8-4-2-5-9-20/h2,4-5,8-15,19,28H,3,6-7,16-18H2,1H3,(H,27,30).